The first-order valence-corrected chi connectivity index (χ1v) is 5.68. The van der Waals surface area contributed by atoms with Crippen LogP contribution in [0.4, 0.5) is 0 Å². The average molecular weight is 240 g/mol. The van der Waals surface area contributed by atoms with Gasteiger partial charge in [0.2, 0.25) is 0 Å². The molecule has 2 aromatic rings. The van der Waals surface area contributed by atoms with Gasteiger partial charge in [0, 0.05) is 11.1 Å². The van der Waals surface area contributed by atoms with E-state index in [1.54, 1.807) is 17.5 Å². The van der Waals surface area contributed by atoms with Gasteiger partial charge in [0.15, 0.2) is 0 Å². The molecule has 3 nitrogen and oxygen atoms in total. The number of nitrogens with zero attached hydrogens (tertiary/aromatic N) is 1. The number of hydrazine groups is 1. The fourth-order valence-corrected chi connectivity index (χ4v) is 2.59. The smallest absolute Gasteiger partial charge is 0.0988 e. The summed E-state index contributed by atoms with van der Waals surface area (Å²) < 4.78 is 0. The highest BCUT2D eigenvalue weighted by atomic mass is 35.5. The third-order valence-corrected chi connectivity index (χ3v) is 3.48. The minimum atomic E-state index is -0.140. The highest BCUT2D eigenvalue weighted by Crippen LogP contribution is 2.31. The number of rotatable bonds is 3. The zero-order valence-corrected chi connectivity index (χ0v) is 9.42. The van der Waals surface area contributed by atoms with Crippen molar-refractivity contribution in [1.29, 1.82) is 0 Å². The monoisotopic (exact) mass is 239 g/mol. The van der Waals surface area contributed by atoms with Crippen LogP contribution in [-0.2, 0) is 0 Å². The van der Waals surface area contributed by atoms with E-state index in [-0.39, 0.29) is 6.04 Å². The summed E-state index contributed by atoms with van der Waals surface area (Å²) >= 11 is 7.61. The second kappa shape index (κ2) is 4.72. The molecule has 0 aliphatic heterocycles. The first-order valence-electron chi connectivity index (χ1n) is 4.43. The van der Waals surface area contributed by atoms with E-state index in [0.29, 0.717) is 5.02 Å². The van der Waals surface area contributed by atoms with Crippen LogP contribution < -0.4 is 11.3 Å². The highest BCUT2D eigenvalue weighted by Gasteiger charge is 2.17. The van der Waals surface area contributed by atoms with Crippen LogP contribution in [0.3, 0.4) is 0 Å². The molecule has 2 heterocycles. The lowest BCUT2D eigenvalue weighted by atomic mass is 10.1. The van der Waals surface area contributed by atoms with Gasteiger partial charge in [0.1, 0.15) is 0 Å². The first-order chi connectivity index (χ1) is 7.33. The summed E-state index contributed by atoms with van der Waals surface area (Å²) in [5.74, 6) is 5.52. The van der Waals surface area contributed by atoms with Gasteiger partial charge in [0.25, 0.3) is 0 Å². The van der Waals surface area contributed by atoms with Crippen molar-refractivity contribution in [2.45, 2.75) is 6.04 Å². The lowest BCUT2D eigenvalue weighted by Gasteiger charge is -2.13. The SMILES string of the molecule is NNC(c1ccccn1)c1sccc1Cl. The summed E-state index contributed by atoms with van der Waals surface area (Å²) in [5.41, 5.74) is 3.59. The maximum atomic E-state index is 6.05. The van der Waals surface area contributed by atoms with Gasteiger partial charge in [-0.3, -0.25) is 10.8 Å². The number of nitrogens with two attached hydrogens (primary N) is 1. The fraction of sp³-hybridized carbons (Fsp3) is 0.100. The molecule has 3 N–H and O–H groups in total. The summed E-state index contributed by atoms with van der Waals surface area (Å²) in [6.07, 6.45) is 1.74. The molecular weight excluding hydrogens is 230 g/mol. The largest absolute Gasteiger partial charge is 0.270 e. The maximum absolute atomic E-state index is 6.05. The van der Waals surface area contributed by atoms with Gasteiger partial charge >= 0.3 is 0 Å². The Kier molecular flexibility index (Phi) is 3.33. The van der Waals surface area contributed by atoms with E-state index in [0.717, 1.165) is 10.6 Å². The van der Waals surface area contributed by atoms with E-state index in [4.69, 9.17) is 17.4 Å². The standard InChI is InChI=1S/C10H10ClN3S/c11-7-4-6-15-10(7)9(14-12)8-3-1-2-5-13-8/h1-6,9,14H,12H2. The van der Waals surface area contributed by atoms with Crippen LogP contribution in [0, 0.1) is 0 Å². The lowest BCUT2D eigenvalue weighted by molar-refractivity contribution is 0.630. The van der Waals surface area contributed by atoms with Crippen LogP contribution in [0.1, 0.15) is 16.6 Å². The van der Waals surface area contributed by atoms with Crippen LogP contribution in [0.25, 0.3) is 0 Å². The summed E-state index contributed by atoms with van der Waals surface area (Å²) in [5, 5.41) is 2.65. The van der Waals surface area contributed by atoms with Crippen molar-refractivity contribution in [3.05, 3.63) is 51.4 Å². The van der Waals surface area contributed by atoms with Crippen molar-refractivity contribution in [2.24, 2.45) is 5.84 Å². The molecule has 0 spiro atoms. The van der Waals surface area contributed by atoms with Gasteiger partial charge in [-0.1, -0.05) is 17.7 Å². The van der Waals surface area contributed by atoms with Crippen LogP contribution in [0.2, 0.25) is 5.02 Å². The van der Waals surface area contributed by atoms with E-state index in [1.165, 1.54) is 0 Å². The van der Waals surface area contributed by atoms with Crippen molar-refractivity contribution in [3.8, 4) is 0 Å². The average Bonchev–Trinajstić information content (AvgIpc) is 2.68. The minimum absolute atomic E-state index is 0.140. The Balaban J connectivity index is 2.37. The normalized spacial score (nSPS) is 12.7. The highest BCUT2D eigenvalue weighted by molar-refractivity contribution is 7.10. The van der Waals surface area contributed by atoms with Crippen molar-refractivity contribution in [1.82, 2.24) is 10.4 Å². The van der Waals surface area contributed by atoms with Gasteiger partial charge in [-0.25, -0.2) is 5.43 Å². The molecule has 1 unspecified atom stereocenters. The third-order valence-electron chi connectivity index (χ3n) is 2.06. The Labute approximate surface area is 96.9 Å². The Morgan fingerprint density at radius 2 is 2.27 bits per heavy atom. The second-order valence-corrected chi connectivity index (χ2v) is 4.34. The van der Waals surface area contributed by atoms with Crippen molar-refractivity contribution >= 4 is 22.9 Å². The zero-order valence-electron chi connectivity index (χ0n) is 7.85. The quantitative estimate of drug-likeness (QED) is 0.639. The van der Waals surface area contributed by atoms with E-state index in [9.17, 15) is 0 Å². The fourth-order valence-electron chi connectivity index (χ4n) is 1.35. The zero-order chi connectivity index (χ0) is 10.7. The Morgan fingerprint density at radius 1 is 1.40 bits per heavy atom. The predicted molar refractivity (Wildman–Crippen MR) is 62.7 cm³/mol. The molecule has 1 atom stereocenters. The Hall–Kier alpha value is -0.940. The molecule has 78 valence electrons. The number of thiophene rings is 1. The van der Waals surface area contributed by atoms with Crippen LogP contribution >= 0.6 is 22.9 Å². The summed E-state index contributed by atoms with van der Waals surface area (Å²) in [6.45, 7) is 0. The molecule has 0 fully saturated rings. The topological polar surface area (TPSA) is 50.9 Å². The van der Waals surface area contributed by atoms with Crippen molar-refractivity contribution in [2.75, 3.05) is 0 Å². The molecule has 0 amide bonds. The summed E-state index contributed by atoms with van der Waals surface area (Å²) in [7, 11) is 0. The molecule has 0 aromatic carbocycles. The lowest BCUT2D eigenvalue weighted by Crippen LogP contribution is -2.29. The van der Waals surface area contributed by atoms with Gasteiger partial charge in [0.05, 0.1) is 16.8 Å². The molecule has 2 rings (SSSR count). The van der Waals surface area contributed by atoms with Gasteiger partial charge in [-0.2, -0.15) is 0 Å². The van der Waals surface area contributed by atoms with Crippen LogP contribution in [-0.4, -0.2) is 4.98 Å². The molecule has 2 aromatic heterocycles. The summed E-state index contributed by atoms with van der Waals surface area (Å²) in [6, 6.07) is 7.43. The number of aromatic nitrogens is 1. The number of hydrogen-bond acceptors (Lipinski definition) is 4. The molecule has 0 saturated heterocycles. The molecule has 0 saturated carbocycles. The minimum Gasteiger partial charge on any atom is -0.270 e. The molecule has 0 aliphatic rings. The van der Waals surface area contributed by atoms with E-state index >= 15 is 0 Å². The first kappa shape index (κ1) is 10.6. The van der Waals surface area contributed by atoms with E-state index < -0.39 is 0 Å². The van der Waals surface area contributed by atoms with E-state index in [1.807, 2.05) is 29.6 Å². The van der Waals surface area contributed by atoms with Gasteiger partial charge < -0.3 is 0 Å². The Morgan fingerprint density at radius 3 is 2.80 bits per heavy atom. The van der Waals surface area contributed by atoms with Crippen molar-refractivity contribution < 1.29 is 0 Å². The number of pyridine rings is 1. The molecule has 0 radical (unpaired) electrons. The van der Waals surface area contributed by atoms with Gasteiger partial charge in [-0.05, 0) is 23.6 Å². The molecular formula is C10H10ClN3S. The van der Waals surface area contributed by atoms with Gasteiger partial charge in [-0.15, -0.1) is 11.3 Å². The van der Waals surface area contributed by atoms with Crippen molar-refractivity contribution in [3.63, 3.8) is 0 Å². The van der Waals surface area contributed by atoms with Crippen LogP contribution in [0.15, 0.2) is 35.8 Å². The molecule has 5 heteroatoms. The van der Waals surface area contributed by atoms with Crippen LogP contribution in [0.5, 0.6) is 0 Å². The predicted octanol–water partition coefficient (Wildman–Crippen LogP) is 2.35. The third kappa shape index (κ3) is 2.18. The molecule has 0 bridgehead atoms. The molecule has 0 aliphatic carbocycles. The number of halogens is 1. The molecule has 15 heavy (non-hydrogen) atoms. The maximum Gasteiger partial charge on any atom is 0.0988 e. The Bertz CT molecular complexity index is 429. The number of nitrogens with one attached hydrogen (secondary N) is 1. The number of hydrogen-bond donors (Lipinski definition) is 2. The summed E-state index contributed by atoms with van der Waals surface area (Å²) in [4.78, 5) is 5.24. The van der Waals surface area contributed by atoms with E-state index in [2.05, 4.69) is 10.4 Å². The second-order valence-electron chi connectivity index (χ2n) is 2.99.